The van der Waals surface area contributed by atoms with Crippen LogP contribution in [0.3, 0.4) is 0 Å². The largest absolute Gasteiger partial charge is 0.396 e. The summed E-state index contributed by atoms with van der Waals surface area (Å²) in [5, 5.41) is 0. The monoisotopic (exact) mass is 266 g/mol. The number of nitrogens with two attached hydrogens (primary N) is 1. The molecule has 2 N–H and O–H groups in total. The summed E-state index contributed by atoms with van der Waals surface area (Å²) in [4.78, 5) is 1.61. The summed E-state index contributed by atoms with van der Waals surface area (Å²) in [6.45, 7) is 0.132. The van der Waals surface area contributed by atoms with Gasteiger partial charge in [-0.05, 0) is 36.4 Å². The summed E-state index contributed by atoms with van der Waals surface area (Å²) in [5.74, 6) is -1.54. The first-order valence-electron chi connectivity index (χ1n) is 5.67. The van der Waals surface area contributed by atoms with Gasteiger partial charge in [0.25, 0.3) is 0 Å². The van der Waals surface area contributed by atoms with Gasteiger partial charge in [0.15, 0.2) is 0 Å². The Morgan fingerprint density at radius 3 is 2.42 bits per heavy atom. The predicted molar refractivity (Wildman–Crippen MR) is 69.3 cm³/mol. The summed E-state index contributed by atoms with van der Waals surface area (Å²) in [7, 11) is 1.66. The second kappa shape index (κ2) is 5.22. The molecule has 5 heteroatoms. The number of nitrogen functional groups attached to an aromatic ring is 1. The highest BCUT2D eigenvalue weighted by Crippen LogP contribution is 2.21. The van der Waals surface area contributed by atoms with E-state index in [1.165, 1.54) is 12.1 Å². The maximum absolute atomic E-state index is 13.5. The number of rotatable bonds is 3. The van der Waals surface area contributed by atoms with Crippen LogP contribution in [0.2, 0.25) is 0 Å². The molecule has 0 heterocycles. The Balaban J connectivity index is 2.22. The van der Waals surface area contributed by atoms with Crippen LogP contribution in [0.15, 0.2) is 36.4 Å². The summed E-state index contributed by atoms with van der Waals surface area (Å²) in [6.07, 6.45) is 0. The van der Waals surface area contributed by atoms with Crippen LogP contribution in [0.5, 0.6) is 0 Å². The van der Waals surface area contributed by atoms with Gasteiger partial charge in [-0.1, -0.05) is 0 Å². The molecule has 2 nitrogen and oxygen atoms in total. The lowest BCUT2D eigenvalue weighted by Gasteiger charge is -2.20. The third-order valence-electron chi connectivity index (χ3n) is 2.84. The maximum atomic E-state index is 13.5. The molecule has 0 bridgehead atoms. The van der Waals surface area contributed by atoms with Crippen LogP contribution in [-0.4, -0.2) is 7.05 Å². The molecule has 0 unspecified atom stereocenters. The molecule has 19 heavy (non-hydrogen) atoms. The quantitative estimate of drug-likeness (QED) is 0.863. The topological polar surface area (TPSA) is 29.3 Å². The van der Waals surface area contributed by atoms with Gasteiger partial charge in [-0.2, -0.15) is 0 Å². The molecule has 0 radical (unpaired) electrons. The van der Waals surface area contributed by atoms with E-state index in [0.29, 0.717) is 5.69 Å². The maximum Gasteiger partial charge on any atom is 0.148 e. The zero-order chi connectivity index (χ0) is 14.0. The fraction of sp³-hybridized carbons (Fsp3) is 0.143. The molecule has 0 amide bonds. The molecule has 0 saturated carbocycles. The molecular weight excluding hydrogens is 253 g/mol. The van der Waals surface area contributed by atoms with E-state index < -0.39 is 17.5 Å². The van der Waals surface area contributed by atoms with Crippen LogP contribution >= 0.6 is 0 Å². The SMILES string of the molecule is CN(Cc1cc(F)ccc1F)c1ccc(N)c(F)c1. The first kappa shape index (κ1) is 13.3. The summed E-state index contributed by atoms with van der Waals surface area (Å²) in [5.41, 5.74) is 6.18. The van der Waals surface area contributed by atoms with E-state index in [2.05, 4.69) is 0 Å². The van der Waals surface area contributed by atoms with Gasteiger partial charge in [0, 0.05) is 24.8 Å². The number of hydrogen-bond donors (Lipinski definition) is 1. The van der Waals surface area contributed by atoms with Crippen molar-refractivity contribution in [3.05, 3.63) is 59.4 Å². The van der Waals surface area contributed by atoms with Gasteiger partial charge in [-0.3, -0.25) is 0 Å². The fourth-order valence-corrected chi connectivity index (χ4v) is 1.76. The van der Waals surface area contributed by atoms with E-state index >= 15 is 0 Å². The van der Waals surface area contributed by atoms with Crippen molar-refractivity contribution in [3.8, 4) is 0 Å². The van der Waals surface area contributed by atoms with Crippen LogP contribution in [0.4, 0.5) is 24.5 Å². The number of anilines is 2. The van der Waals surface area contributed by atoms with Crippen LogP contribution in [0.1, 0.15) is 5.56 Å². The Morgan fingerprint density at radius 1 is 1.00 bits per heavy atom. The Labute approximate surface area is 109 Å². The average molecular weight is 266 g/mol. The van der Waals surface area contributed by atoms with Crippen molar-refractivity contribution in [2.24, 2.45) is 0 Å². The molecule has 0 aliphatic carbocycles. The van der Waals surface area contributed by atoms with Gasteiger partial charge in [0.2, 0.25) is 0 Å². The predicted octanol–water partition coefficient (Wildman–Crippen LogP) is 3.32. The van der Waals surface area contributed by atoms with Crippen LogP contribution < -0.4 is 10.6 Å². The number of nitrogens with zero attached hydrogens (tertiary/aromatic N) is 1. The van der Waals surface area contributed by atoms with Crippen molar-refractivity contribution in [1.82, 2.24) is 0 Å². The summed E-state index contributed by atoms with van der Waals surface area (Å²) < 4.78 is 39.9. The number of halogens is 3. The Kier molecular flexibility index (Phi) is 3.64. The van der Waals surface area contributed by atoms with E-state index in [4.69, 9.17) is 5.73 Å². The number of benzene rings is 2. The molecule has 0 saturated heterocycles. The molecule has 0 aliphatic rings. The molecule has 2 aromatic rings. The van der Waals surface area contributed by atoms with Crippen LogP contribution in [0.25, 0.3) is 0 Å². The fourth-order valence-electron chi connectivity index (χ4n) is 1.76. The minimum absolute atomic E-state index is 0.0501. The molecule has 0 aliphatic heterocycles. The molecule has 0 fully saturated rings. The van der Waals surface area contributed by atoms with Crippen LogP contribution in [-0.2, 0) is 6.54 Å². The molecule has 0 atom stereocenters. The van der Waals surface area contributed by atoms with Crippen molar-refractivity contribution in [2.45, 2.75) is 6.54 Å². The van der Waals surface area contributed by atoms with E-state index in [-0.39, 0.29) is 17.8 Å². The highest BCUT2D eigenvalue weighted by atomic mass is 19.1. The van der Waals surface area contributed by atoms with Gasteiger partial charge in [0.1, 0.15) is 17.5 Å². The highest BCUT2D eigenvalue weighted by Gasteiger charge is 2.09. The average Bonchev–Trinajstić information content (AvgIpc) is 2.37. The van der Waals surface area contributed by atoms with Crippen LogP contribution in [0, 0.1) is 17.5 Å². The third kappa shape index (κ3) is 2.99. The zero-order valence-corrected chi connectivity index (χ0v) is 10.3. The lowest BCUT2D eigenvalue weighted by Crippen LogP contribution is -2.17. The van der Waals surface area contributed by atoms with Crippen molar-refractivity contribution in [1.29, 1.82) is 0 Å². The zero-order valence-electron chi connectivity index (χ0n) is 10.3. The minimum atomic E-state index is -0.538. The van der Waals surface area contributed by atoms with E-state index in [9.17, 15) is 13.2 Å². The molecular formula is C14H13F3N2. The molecule has 2 rings (SSSR count). The summed E-state index contributed by atoms with van der Waals surface area (Å²) in [6, 6.07) is 7.56. The van der Waals surface area contributed by atoms with E-state index in [1.807, 2.05) is 0 Å². The van der Waals surface area contributed by atoms with Gasteiger partial charge >= 0.3 is 0 Å². The molecule has 2 aromatic carbocycles. The summed E-state index contributed by atoms with van der Waals surface area (Å²) >= 11 is 0. The van der Waals surface area contributed by atoms with Crippen molar-refractivity contribution in [3.63, 3.8) is 0 Å². The first-order chi connectivity index (χ1) is 8.97. The lowest BCUT2D eigenvalue weighted by molar-refractivity contribution is 0.583. The second-order valence-electron chi connectivity index (χ2n) is 4.30. The van der Waals surface area contributed by atoms with Crippen molar-refractivity contribution < 1.29 is 13.2 Å². The van der Waals surface area contributed by atoms with Gasteiger partial charge < -0.3 is 10.6 Å². The normalized spacial score (nSPS) is 10.5. The minimum Gasteiger partial charge on any atom is -0.396 e. The van der Waals surface area contributed by atoms with Crippen molar-refractivity contribution >= 4 is 11.4 Å². The van der Waals surface area contributed by atoms with E-state index in [0.717, 1.165) is 18.2 Å². The second-order valence-corrected chi connectivity index (χ2v) is 4.30. The highest BCUT2D eigenvalue weighted by molar-refractivity contribution is 5.54. The molecule has 0 aromatic heterocycles. The Bertz CT molecular complexity index is 599. The van der Waals surface area contributed by atoms with E-state index in [1.54, 1.807) is 18.0 Å². The Hall–Kier alpha value is -2.17. The molecule has 100 valence electrons. The molecule has 0 spiro atoms. The number of hydrogen-bond acceptors (Lipinski definition) is 2. The smallest absolute Gasteiger partial charge is 0.148 e. The third-order valence-corrected chi connectivity index (χ3v) is 2.84. The van der Waals surface area contributed by atoms with Gasteiger partial charge in [-0.15, -0.1) is 0 Å². The Morgan fingerprint density at radius 2 is 1.74 bits per heavy atom. The van der Waals surface area contributed by atoms with Crippen molar-refractivity contribution in [2.75, 3.05) is 17.7 Å². The standard InChI is InChI=1S/C14H13F3N2/c1-19(11-3-5-14(18)13(17)7-11)8-9-6-10(15)2-4-12(9)16/h2-7H,8,18H2,1H3. The van der Waals surface area contributed by atoms with Gasteiger partial charge in [0.05, 0.1) is 5.69 Å². The van der Waals surface area contributed by atoms with Gasteiger partial charge in [-0.25, -0.2) is 13.2 Å². The lowest BCUT2D eigenvalue weighted by atomic mass is 10.2. The first-order valence-corrected chi connectivity index (χ1v) is 5.67.